The molecule has 0 unspecified atom stereocenters. The van der Waals surface area contributed by atoms with E-state index in [0.29, 0.717) is 5.25 Å². The van der Waals surface area contributed by atoms with E-state index < -0.39 is 0 Å². The summed E-state index contributed by atoms with van der Waals surface area (Å²) in [5, 5.41) is 1.75. The van der Waals surface area contributed by atoms with Crippen molar-refractivity contribution in [2.45, 2.75) is 34.0 Å². The van der Waals surface area contributed by atoms with Gasteiger partial charge in [-0.3, -0.25) is 9.98 Å². The first-order valence-corrected chi connectivity index (χ1v) is 11.2. The van der Waals surface area contributed by atoms with Gasteiger partial charge in [-0.1, -0.05) is 66.8 Å². The number of fused-ring (bicyclic) bond motifs is 1. The van der Waals surface area contributed by atoms with E-state index in [1.54, 1.807) is 11.8 Å². The summed E-state index contributed by atoms with van der Waals surface area (Å²) in [7, 11) is 0. The molecular formula is C23H21N3S2. The zero-order valence-electron chi connectivity index (χ0n) is 15.6. The molecule has 2 aromatic carbocycles. The summed E-state index contributed by atoms with van der Waals surface area (Å²) in [6, 6.07) is 25.9. The molecule has 140 valence electrons. The molecule has 0 amide bonds. The molecule has 0 bridgehead atoms. The summed E-state index contributed by atoms with van der Waals surface area (Å²) in [6.07, 6.45) is 1.87. The van der Waals surface area contributed by atoms with Crippen LogP contribution in [0.3, 0.4) is 0 Å². The van der Waals surface area contributed by atoms with Gasteiger partial charge in [0.25, 0.3) is 0 Å². The number of hydrogen-bond donors (Lipinski definition) is 0. The quantitative estimate of drug-likeness (QED) is 0.549. The minimum Gasteiger partial charge on any atom is -0.341 e. The second-order valence-electron chi connectivity index (χ2n) is 7.12. The Labute approximate surface area is 174 Å². The van der Waals surface area contributed by atoms with Crippen molar-refractivity contribution in [3.63, 3.8) is 0 Å². The summed E-state index contributed by atoms with van der Waals surface area (Å²) >= 11 is 3.68. The Kier molecular flexibility index (Phi) is 4.87. The van der Waals surface area contributed by atoms with Crippen LogP contribution in [0.5, 0.6) is 0 Å². The van der Waals surface area contributed by atoms with Gasteiger partial charge in [0.05, 0.1) is 11.7 Å². The van der Waals surface area contributed by atoms with Crippen molar-refractivity contribution < 1.29 is 0 Å². The fourth-order valence-electron chi connectivity index (χ4n) is 3.84. The Morgan fingerprint density at radius 1 is 0.929 bits per heavy atom. The van der Waals surface area contributed by atoms with Crippen molar-refractivity contribution in [2.24, 2.45) is 4.99 Å². The van der Waals surface area contributed by atoms with E-state index in [-0.39, 0.29) is 12.1 Å². The lowest BCUT2D eigenvalue weighted by atomic mass is 9.96. The van der Waals surface area contributed by atoms with Crippen LogP contribution in [-0.4, -0.2) is 26.8 Å². The van der Waals surface area contributed by atoms with Gasteiger partial charge in [-0.2, -0.15) is 0 Å². The molecule has 3 aromatic rings. The van der Waals surface area contributed by atoms with Gasteiger partial charge in [-0.15, -0.1) is 0 Å². The molecule has 2 aliphatic rings. The van der Waals surface area contributed by atoms with Crippen molar-refractivity contribution in [3.8, 4) is 0 Å². The monoisotopic (exact) mass is 403 g/mol. The third-order valence-corrected chi connectivity index (χ3v) is 7.20. The number of aliphatic imine (C=N–C) groups is 1. The molecule has 5 rings (SSSR count). The van der Waals surface area contributed by atoms with Gasteiger partial charge in [-0.25, -0.2) is 0 Å². The third kappa shape index (κ3) is 3.45. The molecule has 3 atom stereocenters. The predicted molar refractivity (Wildman–Crippen MR) is 118 cm³/mol. The second-order valence-corrected chi connectivity index (χ2v) is 9.67. The van der Waals surface area contributed by atoms with Gasteiger partial charge >= 0.3 is 0 Å². The van der Waals surface area contributed by atoms with Crippen molar-refractivity contribution in [3.05, 3.63) is 90.3 Å². The third-order valence-electron chi connectivity index (χ3n) is 5.08. The molecule has 0 N–H and O–H groups in total. The number of aromatic nitrogens is 1. The van der Waals surface area contributed by atoms with Crippen LogP contribution < -0.4 is 0 Å². The van der Waals surface area contributed by atoms with E-state index in [1.165, 1.54) is 15.4 Å². The number of benzene rings is 2. The van der Waals surface area contributed by atoms with Crippen LogP contribution in [0.2, 0.25) is 0 Å². The number of hydrogen-bond acceptors (Lipinski definition) is 5. The van der Waals surface area contributed by atoms with Gasteiger partial charge in [0.15, 0.2) is 5.17 Å². The fraction of sp³-hybridized carbons (Fsp3) is 0.217. The van der Waals surface area contributed by atoms with Crippen LogP contribution in [0.1, 0.15) is 30.3 Å². The van der Waals surface area contributed by atoms with Crippen LogP contribution in [0, 0.1) is 0 Å². The predicted octanol–water partition coefficient (Wildman–Crippen LogP) is 5.82. The van der Waals surface area contributed by atoms with E-state index in [4.69, 9.17) is 4.99 Å². The fourth-order valence-corrected chi connectivity index (χ4v) is 5.77. The van der Waals surface area contributed by atoms with Gasteiger partial charge in [0.2, 0.25) is 0 Å². The summed E-state index contributed by atoms with van der Waals surface area (Å²) in [5.41, 5.74) is 2.35. The first-order valence-electron chi connectivity index (χ1n) is 9.53. The number of pyridine rings is 1. The zero-order valence-corrected chi connectivity index (χ0v) is 17.2. The standard InChI is InChI=1S/C23H21N3S2/c1-16-15-26-22(21(25-23(26)27-16)20-9-5-6-14-24-20)17-10-12-19(13-11-17)28-18-7-3-2-4-8-18/h2-14,16,21-22H,15H2,1H3/t16-,21+,22-/m0/s1. The maximum Gasteiger partial charge on any atom is 0.160 e. The van der Waals surface area contributed by atoms with Crippen molar-refractivity contribution in [1.82, 2.24) is 9.88 Å². The second kappa shape index (κ2) is 7.64. The highest BCUT2D eigenvalue weighted by molar-refractivity contribution is 8.14. The zero-order chi connectivity index (χ0) is 18.9. The molecule has 1 saturated heterocycles. The molecule has 0 radical (unpaired) electrons. The molecule has 3 heterocycles. The van der Waals surface area contributed by atoms with E-state index >= 15 is 0 Å². The first-order chi connectivity index (χ1) is 13.8. The molecule has 0 aliphatic carbocycles. The van der Waals surface area contributed by atoms with Crippen LogP contribution in [0.25, 0.3) is 0 Å². The number of nitrogens with zero attached hydrogens (tertiary/aromatic N) is 3. The Hall–Kier alpha value is -2.24. The maximum atomic E-state index is 5.06. The first kappa shape index (κ1) is 17.8. The minimum absolute atomic E-state index is 0.0591. The van der Waals surface area contributed by atoms with Crippen LogP contribution in [0.4, 0.5) is 0 Å². The molecule has 5 heteroatoms. The SMILES string of the molecule is C[C@H]1CN2C(=N[C@H](c3ccccn3)[C@@H]2c2ccc(Sc3ccccc3)cc2)S1. The maximum absolute atomic E-state index is 5.06. The van der Waals surface area contributed by atoms with E-state index in [0.717, 1.165) is 17.4 Å². The average molecular weight is 404 g/mol. The van der Waals surface area contributed by atoms with Crippen LogP contribution in [-0.2, 0) is 0 Å². The minimum atomic E-state index is 0.0591. The lowest BCUT2D eigenvalue weighted by Crippen LogP contribution is -2.28. The van der Waals surface area contributed by atoms with Gasteiger partial charge in [0.1, 0.15) is 6.04 Å². The Morgan fingerprint density at radius 2 is 1.68 bits per heavy atom. The molecular weight excluding hydrogens is 382 g/mol. The summed E-state index contributed by atoms with van der Waals surface area (Å²) < 4.78 is 0. The molecule has 1 aromatic heterocycles. The Morgan fingerprint density at radius 3 is 2.43 bits per heavy atom. The number of amidine groups is 1. The van der Waals surface area contributed by atoms with Gasteiger partial charge in [-0.05, 0) is 42.0 Å². The highest BCUT2D eigenvalue weighted by Crippen LogP contribution is 2.47. The van der Waals surface area contributed by atoms with Gasteiger partial charge < -0.3 is 4.90 Å². The van der Waals surface area contributed by atoms with Crippen molar-refractivity contribution >= 4 is 28.7 Å². The molecule has 0 spiro atoms. The topological polar surface area (TPSA) is 28.5 Å². The molecule has 1 fully saturated rings. The highest BCUT2D eigenvalue weighted by atomic mass is 32.2. The van der Waals surface area contributed by atoms with E-state index in [9.17, 15) is 0 Å². The van der Waals surface area contributed by atoms with Crippen LogP contribution >= 0.6 is 23.5 Å². The van der Waals surface area contributed by atoms with Crippen molar-refractivity contribution in [1.29, 1.82) is 0 Å². The lowest BCUT2D eigenvalue weighted by molar-refractivity contribution is 0.321. The average Bonchev–Trinajstić information content (AvgIpc) is 3.26. The van der Waals surface area contributed by atoms with Crippen molar-refractivity contribution in [2.75, 3.05) is 6.54 Å². The highest BCUT2D eigenvalue weighted by Gasteiger charge is 2.43. The Balaban J connectivity index is 1.44. The van der Waals surface area contributed by atoms with E-state index in [2.05, 4.69) is 83.5 Å². The Bertz CT molecular complexity index is 974. The summed E-state index contributed by atoms with van der Waals surface area (Å²) in [4.78, 5) is 14.7. The number of thioether (sulfide) groups is 1. The molecule has 2 aliphatic heterocycles. The molecule has 3 nitrogen and oxygen atoms in total. The summed E-state index contributed by atoms with van der Waals surface area (Å²) in [5.74, 6) is 0. The van der Waals surface area contributed by atoms with Gasteiger partial charge in [0, 0.05) is 27.8 Å². The number of rotatable bonds is 4. The summed E-state index contributed by atoms with van der Waals surface area (Å²) in [6.45, 7) is 3.32. The van der Waals surface area contributed by atoms with E-state index in [1.807, 2.05) is 24.0 Å². The molecule has 0 saturated carbocycles. The largest absolute Gasteiger partial charge is 0.341 e. The molecule has 28 heavy (non-hydrogen) atoms. The lowest BCUT2D eigenvalue weighted by Gasteiger charge is -2.27. The van der Waals surface area contributed by atoms with Crippen LogP contribution in [0.15, 0.2) is 93.8 Å². The smallest absolute Gasteiger partial charge is 0.160 e. The normalized spacial score (nSPS) is 23.5.